The van der Waals surface area contributed by atoms with E-state index in [0.717, 1.165) is 44.2 Å². The van der Waals surface area contributed by atoms with Gasteiger partial charge in [0, 0.05) is 16.3 Å². The number of hydrogen-bond donors (Lipinski definition) is 1. The number of benzene rings is 3. The molecule has 0 atom stereocenters. The molecule has 4 rings (SSSR count). The van der Waals surface area contributed by atoms with Gasteiger partial charge in [-0.3, -0.25) is 4.72 Å². The summed E-state index contributed by atoms with van der Waals surface area (Å²) in [4.78, 5) is 1.07. The van der Waals surface area contributed by atoms with Gasteiger partial charge in [-0.25, -0.2) is 8.42 Å². The second-order valence-electron chi connectivity index (χ2n) is 6.62. The largest absolute Gasteiger partial charge is 0.284 e. The zero-order valence-corrected chi connectivity index (χ0v) is 17.5. The van der Waals surface area contributed by atoms with E-state index in [9.17, 15) is 8.42 Å². The van der Waals surface area contributed by atoms with E-state index in [4.69, 9.17) is 11.6 Å². The summed E-state index contributed by atoms with van der Waals surface area (Å²) in [5, 5.41) is 0.744. The Morgan fingerprint density at radius 1 is 1.00 bits per heavy atom. The number of sulfonamides is 1. The molecule has 1 N–H and O–H groups in total. The van der Waals surface area contributed by atoms with Gasteiger partial charge >= 0.3 is 0 Å². The molecule has 0 amide bonds. The topological polar surface area (TPSA) is 46.2 Å². The average Bonchev–Trinajstić information content (AvgIpc) is 2.79. The Hall–Kier alpha value is -2.21. The summed E-state index contributed by atoms with van der Waals surface area (Å²) >= 11 is 8.24. The number of hydrogen-bond acceptors (Lipinski definition) is 3. The van der Waals surface area contributed by atoms with Gasteiger partial charge in [-0.2, -0.15) is 0 Å². The number of halogens is 1. The van der Waals surface area contributed by atoms with Crippen LogP contribution in [-0.4, -0.2) is 14.7 Å². The minimum Gasteiger partial charge on any atom is -0.284 e. The molecule has 0 unspecified atom stereocenters. The van der Waals surface area contributed by atoms with Crippen molar-refractivity contribution < 1.29 is 8.42 Å². The maximum absolute atomic E-state index is 11.6. The van der Waals surface area contributed by atoms with Crippen molar-refractivity contribution in [3.8, 4) is 0 Å². The molecule has 0 saturated heterocycles. The summed E-state index contributed by atoms with van der Waals surface area (Å²) in [5.74, 6) is 0.847. The van der Waals surface area contributed by atoms with Crippen LogP contribution in [0.25, 0.3) is 11.6 Å². The molecular weight excluding hydrogens is 410 g/mol. The molecule has 3 nitrogen and oxygen atoms in total. The molecular formula is C22H18ClNO2S2. The maximum atomic E-state index is 11.6. The van der Waals surface area contributed by atoms with Crippen LogP contribution in [0.4, 0.5) is 5.69 Å². The number of anilines is 1. The summed E-state index contributed by atoms with van der Waals surface area (Å²) in [7, 11) is -3.33. The third-order valence-electron chi connectivity index (χ3n) is 4.44. The standard InChI is InChI=1S/C22H18ClNO2S2/c1-28(25,26)24-17-8-4-6-15(12-17)13-20-18-9-3-2-7-16(18)14-27-22-19(20)10-5-11-21(22)23/h2-13,24H,14H2,1H3/b20-13-. The van der Waals surface area contributed by atoms with Gasteiger partial charge in [-0.1, -0.05) is 60.1 Å². The Morgan fingerprint density at radius 2 is 1.75 bits per heavy atom. The summed E-state index contributed by atoms with van der Waals surface area (Å²) in [6, 6.07) is 21.7. The third-order valence-corrected chi connectivity index (χ3v) is 6.65. The highest BCUT2D eigenvalue weighted by Gasteiger charge is 2.20. The fourth-order valence-corrected chi connectivity index (χ4v) is 5.28. The number of fused-ring (bicyclic) bond motifs is 2. The molecule has 1 heterocycles. The van der Waals surface area contributed by atoms with Crippen LogP contribution >= 0.6 is 23.4 Å². The molecule has 6 heteroatoms. The number of nitrogens with one attached hydrogen (secondary N) is 1. The molecule has 0 spiro atoms. The van der Waals surface area contributed by atoms with E-state index < -0.39 is 10.0 Å². The van der Waals surface area contributed by atoms with Crippen LogP contribution in [0.5, 0.6) is 0 Å². The van der Waals surface area contributed by atoms with E-state index in [2.05, 4.69) is 29.0 Å². The van der Waals surface area contributed by atoms with Gasteiger partial charge in [0.25, 0.3) is 0 Å². The molecule has 0 bridgehead atoms. The summed E-state index contributed by atoms with van der Waals surface area (Å²) in [5.41, 5.74) is 6.03. The van der Waals surface area contributed by atoms with Gasteiger partial charge in [0.2, 0.25) is 10.0 Å². The lowest BCUT2D eigenvalue weighted by Crippen LogP contribution is -2.09. The highest BCUT2D eigenvalue weighted by Crippen LogP contribution is 2.43. The van der Waals surface area contributed by atoms with Gasteiger partial charge in [0.15, 0.2) is 0 Å². The fourth-order valence-electron chi connectivity index (χ4n) is 3.30. The Morgan fingerprint density at radius 3 is 2.57 bits per heavy atom. The molecule has 1 aliphatic heterocycles. The normalized spacial score (nSPS) is 14.9. The van der Waals surface area contributed by atoms with Crippen molar-refractivity contribution >= 4 is 50.7 Å². The van der Waals surface area contributed by atoms with E-state index in [-0.39, 0.29) is 0 Å². The first-order valence-corrected chi connectivity index (χ1v) is 12.0. The number of rotatable bonds is 3. The van der Waals surface area contributed by atoms with Crippen LogP contribution in [0.2, 0.25) is 5.02 Å². The Bertz CT molecular complexity index is 1190. The SMILES string of the molecule is CS(=O)(=O)Nc1cccc(/C=C2/c3ccccc3CSc3c(Cl)cccc32)c1. The summed E-state index contributed by atoms with van der Waals surface area (Å²) in [6.45, 7) is 0. The zero-order chi connectivity index (χ0) is 19.7. The first kappa shape index (κ1) is 19.1. The minimum atomic E-state index is -3.33. The van der Waals surface area contributed by atoms with E-state index in [1.54, 1.807) is 17.8 Å². The molecule has 142 valence electrons. The lowest BCUT2D eigenvalue weighted by atomic mass is 9.92. The first-order valence-electron chi connectivity index (χ1n) is 8.70. The Balaban J connectivity index is 1.89. The van der Waals surface area contributed by atoms with Crippen LogP contribution in [0.3, 0.4) is 0 Å². The molecule has 1 aliphatic rings. The molecule has 0 saturated carbocycles. The molecule has 0 aromatic heterocycles. The van der Waals surface area contributed by atoms with Crippen molar-refractivity contribution in [1.29, 1.82) is 0 Å². The van der Waals surface area contributed by atoms with Crippen molar-refractivity contribution in [2.45, 2.75) is 10.6 Å². The van der Waals surface area contributed by atoms with Crippen molar-refractivity contribution in [2.24, 2.45) is 0 Å². The highest BCUT2D eigenvalue weighted by atomic mass is 35.5. The number of thioether (sulfide) groups is 1. The zero-order valence-electron chi connectivity index (χ0n) is 15.1. The van der Waals surface area contributed by atoms with Crippen LogP contribution in [0.15, 0.2) is 71.6 Å². The van der Waals surface area contributed by atoms with E-state index in [1.807, 2.05) is 42.5 Å². The maximum Gasteiger partial charge on any atom is 0.229 e. The summed E-state index contributed by atoms with van der Waals surface area (Å²) in [6.07, 6.45) is 3.24. The van der Waals surface area contributed by atoms with Crippen molar-refractivity contribution in [3.63, 3.8) is 0 Å². The lowest BCUT2D eigenvalue weighted by Gasteiger charge is -2.13. The van der Waals surface area contributed by atoms with Gasteiger partial charge in [0.1, 0.15) is 0 Å². The molecule has 28 heavy (non-hydrogen) atoms. The summed E-state index contributed by atoms with van der Waals surface area (Å²) < 4.78 is 25.7. The van der Waals surface area contributed by atoms with Crippen LogP contribution in [0, 0.1) is 0 Å². The highest BCUT2D eigenvalue weighted by molar-refractivity contribution is 7.98. The predicted octanol–water partition coefficient (Wildman–Crippen LogP) is 5.91. The third kappa shape index (κ3) is 4.12. The molecule has 0 aliphatic carbocycles. The van der Waals surface area contributed by atoms with Gasteiger partial charge < -0.3 is 0 Å². The van der Waals surface area contributed by atoms with Gasteiger partial charge in [-0.15, -0.1) is 11.8 Å². The van der Waals surface area contributed by atoms with E-state index >= 15 is 0 Å². The van der Waals surface area contributed by atoms with Gasteiger partial charge in [0.05, 0.1) is 11.3 Å². The van der Waals surface area contributed by atoms with Crippen LogP contribution in [0.1, 0.15) is 22.3 Å². The average molecular weight is 428 g/mol. The van der Waals surface area contributed by atoms with Crippen molar-refractivity contribution in [3.05, 3.63) is 94.0 Å². The molecule has 0 radical (unpaired) electrons. The second-order valence-corrected chi connectivity index (χ2v) is 9.76. The Kier molecular flexibility index (Phi) is 5.23. The first-order chi connectivity index (χ1) is 13.4. The molecule has 0 fully saturated rings. The Labute approximate surface area is 174 Å². The quantitative estimate of drug-likeness (QED) is 0.565. The minimum absolute atomic E-state index is 0.541. The van der Waals surface area contributed by atoms with Crippen LogP contribution < -0.4 is 4.72 Å². The van der Waals surface area contributed by atoms with Crippen LogP contribution in [-0.2, 0) is 15.8 Å². The van der Waals surface area contributed by atoms with Gasteiger partial charge in [-0.05, 0) is 52.1 Å². The van der Waals surface area contributed by atoms with Crippen molar-refractivity contribution in [2.75, 3.05) is 11.0 Å². The second kappa shape index (κ2) is 7.66. The van der Waals surface area contributed by atoms with E-state index in [0.29, 0.717) is 5.69 Å². The predicted molar refractivity (Wildman–Crippen MR) is 119 cm³/mol. The fraction of sp³-hybridized carbons (Fsp3) is 0.0909. The monoisotopic (exact) mass is 427 g/mol. The van der Waals surface area contributed by atoms with Crippen molar-refractivity contribution in [1.82, 2.24) is 0 Å². The smallest absolute Gasteiger partial charge is 0.229 e. The van der Waals surface area contributed by atoms with E-state index in [1.165, 1.54) is 5.56 Å². The molecule has 3 aromatic carbocycles. The lowest BCUT2D eigenvalue weighted by molar-refractivity contribution is 0.607. The molecule has 3 aromatic rings.